The second-order valence-corrected chi connectivity index (χ2v) is 7.41. The molecule has 0 aliphatic rings. The molecule has 0 aliphatic carbocycles. The van der Waals surface area contributed by atoms with Gasteiger partial charge in [-0.2, -0.15) is 4.57 Å². The lowest BCUT2D eigenvalue weighted by molar-refractivity contribution is -0.688. The van der Waals surface area contributed by atoms with Crippen LogP contribution in [-0.4, -0.2) is 21.7 Å². The SMILES string of the molecule is C=CCOc1ccc(-c2cc(C[n+]3ccc4nc(-c5cccc(F)c5F)[nH]c4c3)on2)cc1. The molecule has 6 nitrogen and oxygen atoms in total. The van der Waals surface area contributed by atoms with Crippen LogP contribution in [0.1, 0.15) is 5.76 Å². The summed E-state index contributed by atoms with van der Waals surface area (Å²) in [4.78, 5) is 7.43. The van der Waals surface area contributed by atoms with Crippen molar-refractivity contribution in [2.24, 2.45) is 0 Å². The van der Waals surface area contributed by atoms with Gasteiger partial charge in [-0.1, -0.05) is 23.9 Å². The minimum atomic E-state index is -0.932. The van der Waals surface area contributed by atoms with Gasteiger partial charge in [0.15, 0.2) is 24.0 Å². The highest BCUT2D eigenvalue weighted by molar-refractivity contribution is 5.77. The molecule has 33 heavy (non-hydrogen) atoms. The van der Waals surface area contributed by atoms with E-state index in [9.17, 15) is 8.78 Å². The van der Waals surface area contributed by atoms with Crippen LogP contribution in [0.4, 0.5) is 8.78 Å². The second kappa shape index (κ2) is 8.66. The average Bonchev–Trinajstić information content (AvgIpc) is 3.47. The van der Waals surface area contributed by atoms with E-state index in [1.54, 1.807) is 12.1 Å². The summed E-state index contributed by atoms with van der Waals surface area (Å²) in [7, 11) is 0. The molecule has 5 rings (SSSR count). The lowest BCUT2D eigenvalue weighted by Crippen LogP contribution is -2.32. The quantitative estimate of drug-likeness (QED) is 0.281. The van der Waals surface area contributed by atoms with E-state index in [1.165, 1.54) is 12.1 Å². The number of pyridine rings is 1. The first-order valence-corrected chi connectivity index (χ1v) is 10.2. The molecule has 5 aromatic rings. The van der Waals surface area contributed by atoms with Crippen molar-refractivity contribution in [3.05, 3.63) is 97.0 Å². The maximum Gasteiger partial charge on any atom is 0.208 e. The number of hydrogen-bond acceptors (Lipinski definition) is 4. The van der Waals surface area contributed by atoms with E-state index in [-0.39, 0.29) is 11.4 Å². The molecule has 2 aromatic carbocycles. The third kappa shape index (κ3) is 4.23. The third-order valence-electron chi connectivity index (χ3n) is 5.10. The number of rotatable bonds is 7. The number of ether oxygens (including phenoxy) is 1. The molecule has 0 amide bonds. The molecule has 0 radical (unpaired) electrons. The Kier molecular flexibility index (Phi) is 5.40. The summed E-state index contributed by atoms with van der Waals surface area (Å²) in [5, 5.41) is 4.16. The zero-order valence-electron chi connectivity index (χ0n) is 17.5. The fraction of sp³-hybridized carbons (Fsp3) is 0.0800. The van der Waals surface area contributed by atoms with Gasteiger partial charge in [0.25, 0.3) is 0 Å². The highest BCUT2D eigenvalue weighted by Crippen LogP contribution is 2.25. The number of imidazole rings is 1. The van der Waals surface area contributed by atoms with Gasteiger partial charge in [-0.15, -0.1) is 0 Å². The summed E-state index contributed by atoms with van der Waals surface area (Å²) in [5.41, 5.74) is 3.03. The molecular weight excluding hydrogens is 426 g/mol. The van der Waals surface area contributed by atoms with Gasteiger partial charge in [-0.3, -0.25) is 0 Å². The van der Waals surface area contributed by atoms with Crippen LogP contribution in [0.3, 0.4) is 0 Å². The van der Waals surface area contributed by atoms with Crippen molar-refractivity contribution in [1.29, 1.82) is 0 Å². The molecule has 0 atom stereocenters. The van der Waals surface area contributed by atoms with Crippen LogP contribution in [-0.2, 0) is 6.54 Å². The van der Waals surface area contributed by atoms with E-state index in [0.717, 1.165) is 17.4 Å². The topological polar surface area (TPSA) is 67.8 Å². The molecule has 164 valence electrons. The van der Waals surface area contributed by atoms with Crippen LogP contribution in [0.25, 0.3) is 33.7 Å². The summed E-state index contributed by atoms with van der Waals surface area (Å²) in [6, 6.07) is 15.2. The maximum atomic E-state index is 14.1. The van der Waals surface area contributed by atoms with Crippen molar-refractivity contribution in [3.8, 4) is 28.4 Å². The fourth-order valence-electron chi connectivity index (χ4n) is 3.49. The van der Waals surface area contributed by atoms with E-state index >= 15 is 0 Å². The number of halogens is 2. The summed E-state index contributed by atoms with van der Waals surface area (Å²) < 4.78 is 40.6. The standard InChI is InChI=1S/C25H18F2N4O2/c1-2-12-32-17-8-6-16(7-9-17)22-13-18(33-30-22)14-31-11-10-21-23(15-31)29-25(28-21)19-4-3-5-20(26)24(19)27/h2-11,13,15H,1,12,14H2/p+1. The number of hydrogen-bond donors (Lipinski definition) is 1. The van der Waals surface area contributed by atoms with Crippen molar-refractivity contribution in [2.45, 2.75) is 6.54 Å². The first-order chi connectivity index (χ1) is 16.1. The Hall–Kier alpha value is -4.33. The summed E-state index contributed by atoms with van der Waals surface area (Å²) in [6.45, 7) is 4.52. The molecule has 0 saturated carbocycles. The fourth-order valence-corrected chi connectivity index (χ4v) is 3.49. The Morgan fingerprint density at radius 1 is 1.12 bits per heavy atom. The van der Waals surface area contributed by atoms with E-state index in [2.05, 4.69) is 21.7 Å². The Morgan fingerprint density at radius 3 is 2.79 bits per heavy atom. The Bertz CT molecular complexity index is 1440. The molecule has 0 fully saturated rings. The number of aromatic nitrogens is 4. The molecule has 0 spiro atoms. The van der Waals surface area contributed by atoms with Crippen molar-refractivity contribution in [3.63, 3.8) is 0 Å². The van der Waals surface area contributed by atoms with Crippen LogP contribution in [0, 0.1) is 11.6 Å². The van der Waals surface area contributed by atoms with Gasteiger partial charge in [-0.25, -0.2) is 13.8 Å². The molecule has 0 saturated heterocycles. The highest BCUT2D eigenvalue weighted by atomic mass is 19.2. The molecule has 0 unspecified atom stereocenters. The molecule has 0 bridgehead atoms. The van der Waals surface area contributed by atoms with Crippen LogP contribution in [0.5, 0.6) is 5.75 Å². The van der Waals surface area contributed by atoms with Gasteiger partial charge in [0, 0.05) is 17.7 Å². The van der Waals surface area contributed by atoms with Crippen LogP contribution in [0.15, 0.2) is 84.2 Å². The minimum Gasteiger partial charge on any atom is -0.490 e. The second-order valence-electron chi connectivity index (χ2n) is 7.41. The van der Waals surface area contributed by atoms with Crippen LogP contribution >= 0.6 is 0 Å². The Balaban J connectivity index is 1.35. The first kappa shape index (κ1) is 20.6. The van der Waals surface area contributed by atoms with Crippen LogP contribution in [0.2, 0.25) is 0 Å². The van der Waals surface area contributed by atoms with Gasteiger partial charge < -0.3 is 14.2 Å². The summed E-state index contributed by atoms with van der Waals surface area (Å²) in [6.07, 6.45) is 5.36. The number of H-pyrrole nitrogens is 1. The first-order valence-electron chi connectivity index (χ1n) is 10.2. The van der Waals surface area contributed by atoms with Gasteiger partial charge in [-0.05, 0) is 36.4 Å². The number of aromatic amines is 1. The lowest BCUT2D eigenvalue weighted by atomic mass is 10.1. The Morgan fingerprint density at radius 2 is 1.97 bits per heavy atom. The molecule has 8 heteroatoms. The average molecular weight is 445 g/mol. The predicted molar refractivity (Wildman–Crippen MR) is 118 cm³/mol. The van der Waals surface area contributed by atoms with E-state index in [4.69, 9.17) is 9.26 Å². The molecule has 3 heterocycles. The molecule has 0 aliphatic heterocycles. The number of nitrogens with zero attached hydrogens (tertiary/aromatic N) is 3. The minimum absolute atomic E-state index is 0.0820. The predicted octanol–water partition coefficient (Wildman–Crippen LogP) is 5.06. The Labute approximate surface area is 187 Å². The van der Waals surface area contributed by atoms with Gasteiger partial charge in [0.1, 0.15) is 34.9 Å². The normalized spacial score (nSPS) is 11.1. The third-order valence-corrected chi connectivity index (χ3v) is 5.10. The van der Waals surface area contributed by atoms with E-state index in [1.807, 2.05) is 47.3 Å². The van der Waals surface area contributed by atoms with E-state index in [0.29, 0.717) is 35.6 Å². The lowest BCUT2D eigenvalue weighted by Gasteiger charge is -2.03. The van der Waals surface area contributed by atoms with Gasteiger partial charge in [0.2, 0.25) is 12.3 Å². The smallest absolute Gasteiger partial charge is 0.208 e. The van der Waals surface area contributed by atoms with E-state index < -0.39 is 11.6 Å². The highest BCUT2D eigenvalue weighted by Gasteiger charge is 2.16. The zero-order valence-corrected chi connectivity index (χ0v) is 17.5. The molecular formula is C25H19F2N4O2+. The van der Waals surface area contributed by atoms with Gasteiger partial charge >= 0.3 is 0 Å². The number of nitrogens with one attached hydrogen (secondary N) is 1. The van der Waals surface area contributed by atoms with Crippen molar-refractivity contribution in [1.82, 2.24) is 15.1 Å². The van der Waals surface area contributed by atoms with Crippen molar-refractivity contribution >= 4 is 11.0 Å². The maximum absolute atomic E-state index is 14.1. The van der Waals surface area contributed by atoms with Crippen molar-refractivity contribution < 1.29 is 22.6 Å². The summed E-state index contributed by atoms with van der Waals surface area (Å²) >= 11 is 0. The van der Waals surface area contributed by atoms with Crippen molar-refractivity contribution in [2.75, 3.05) is 6.61 Å². The van der Waals surface area contributed by atoms with Gasteiger partial charge in [0.05, 0.1) is 5.56 Å². The monoisotopic (exact) mass is 445 g/mol. The largest absolute Gasteiger partial charge is 0.490 e. The molecule has 3 aromatic heterocycles. The zero-order chi connectivity index (χ0) is 22.8. The van der Waals surface area contributed by atoms with Crippen LogP contribution < -0.4 is 9.30 Å². The molecule has 1 N–H and O–H groups in total. The number of benzene rings is 2. The number of fused-ring (bicyclic) bond motifs is 1. The summed E-state index contributed by atoms with van der Waals surface area (Å²) in [5.74, 6) is -0.162.